The molecule has 1 aromatic heterocycles. The van der Waals surface area contributed by atoms with Crippen molar-refractivity contribution in [3.05, 3.63) is 41.0 Å². The Morgan fingerprint density at radius 2 is 1.95 bits per heavy atom. The quantitative estimate of drug-likeness (QED) is 0.280. The molecule has 1 saturated carbocycles. The van der Waals surface area contributed by atoms with Crippen LogP contribution in [0, 0.1) is 11.2 Å². The van der Waals surface area contributed by atoms with Gasteiger partial charge in [-0.1, -0.05) is 17.8 Å². The molecule has 3 aliphatic rings. The Balaban J connectivity index is 1.07. The number of carbonyl (C=O) groups excluding carboxylic acids is 1. The maximum absolute atomic E-state index is 14.5. The first-order chi connectivity index (χ1) is 17.6. The fourth-order valence-corrected chi connectivity index (χ4v) is 6.95. The highest BCUT2D eigenvalue weighted by Crippen LogP contribution is 2.64. The van der Waals surface area contributed by atoms with Crippen molar-refractivity contribution in [2.75, 3.05) is 38.5 Å². The largest absolute Gasteiger partial charge is 0.416 e. The minimum Gasteiger partial charge on any atom is -0.343 e. The number of benzene rings is 1. The first kappa shape index (κ1) is 26.5. The van der Waals surface area contributed by atoms with Gasteiger partial charge >= 0.3 is 6.18 Å². The van der Waals surface area contributed by atoms with Crippen molar-refractivity contribution >= 4 is 17.7 Å². The lowest BCUT2D eigenvalue weighted by Crippen LogP contribution is -2.36. The summed E-state index contributed by atoms with van der Waals surface area (Å²) in [5, 5.41) is 9.74. The van der Waals surface area contributed by atoms with Crippen LogP contribution >= 0.6 is 11.8 Å². The van der Waals surface area contributed by atoms with Crippen molar-refractivity contribution in [3.8, 4) is 0 Å². The summed E-state index contributed by atoms with van der Waals surface area (Å²) < 4.78 is 55.2. The minimum absolute atomic E-state index is 0.00416. The van der Waals surface area contributed by atoms with E-state index in [2.05, 4.69) is 19.7 Å². The summed E-state index contributed by atoms with van der Waals surface area (Å²) in [6.45, 7) is 5.89. The fraction of sp³-hybridized carbons (Fsp3) is 0.654. The summed E-state index contributed by atoms with van der Waals surface area (Å²) >= 11 is 1.70. The molecule has 3 fully saturated rings. The van der Waals surface area contributed by atoms with Gasteiger partial charge in [-0.05, 0) is 74.2 Å². The van der Waals surface area contributed by atoms with E-state index in [1.807, 2.05) is 11.9 Å². The molecule has 0 radical (unpaired) electrons. The van der Waals surface area contributed by atoms with Gasteiger partial charge in [0.15, 0.2) is 5.16 Å². The van der Waals surface area contributed by atoms with Crippen LogP contribution in [-0.4, -0.2) is 68.9 Å². The molecule has 1 aliphatic carbocycles. The Morgan fingerprint density at radius 1 is 1.19 bits per heavy atom. The molecule has 0 bridgehead atoms. The van der Waals surface area contributed by atoms with Gasteiger partial charge in [0.1, 0.15) is 11.6 Å². The molecule has 1 aromatic carbocycles. The van der Waals surface area contributed by atoms with E-state index in [0.29, 0.717) is 17.5 Å². The molecule has 202 valence electrons. The van der Waals surface area contributed by atoms with Crippen molar-refractivity contribution in [1.82, 2.24) is 24.6 Å². The van der Waals surface area contributed by atoms with Gasteiger partial charge in [0, 0.05) is 45.3 Å². The average molecular weight is 540 g/mol. The van der Waals surface area contributed by atoms with Crippen LogP contribution < -0.4 is 0 Å². The molecule has 1 amide bonds. The van der Waals surface area contributed by atoms with Crippen LogP contribution in [0.4, 0.5) is 17.6 Å². The van der Waals surface area contributed by atoms with Crippen molar-refractivity contribution < 1.29 is 22.4 Å². The third kappa shape index (κ3) is 5.53. The Bertz CT molecular complexity index is 1150. The monoisotopic (exact) mass is 539 g/mol. The summed E-state index contributed by atoms with van der Waals surface area (Å²) in [6, 6.07) is 2.97. The number of carbonyl (C=O) groups is 1. The van der Waals surface area contributed by atoms with E-state index in [1.165, 1.54) is 6.07 Å². The van der Waals surface area contributed by atoms with Crippen LogP contribution in [0.15, 0.2) is 23.4 Å². The van der Waals surface area contributed by atoms with E-state index < -0.39 is 17.6 Å². The molecule has 2 aliphatic heterocycles. The Labute approximate surface area is 218 Å². The summed E-state index contributed by atoms with van der Waals surface area (Å²) in [6.07, 6.45) is 0.0747. The highest BCUT2D eigenvalue weighted by atomic mass is 32.2. The van der Waals surface area contributed by atoms with Crippen LogP contribution in [0.2, 0.25) is 0 Å². The maximum Gasteiger partial charge on any atom is 0.416 e. The summed E-state index contributed by atoms with van der Waals surface area (Å²) in [4.78, 5) is 15.8. The highest BCUT2D eigenvalue weighted by molar-refractivity contribution is 7.99. The fourth-order valence-electron chi connectivity index (χ4n) is 6.11. The maximum atomic E-state index is 14.5. The molecular formula is C26H33F4N5OS. The topological polar surface area (TPSA) is 54.3 Å². The predicted molar refractivity (Wildman–Crippen MR) is 133 cm³/mol. The van der Waals surface area contributed by atoms with Gasteiger partial charge in [-0.2, -0.15) is 13.2 Å². The molecule has 3 heterocycles. The smallest absolute Gasteiger partial charge is 0.343 e. The number of alkyl halides is 3. The lowest BCUT2D eigenvalue weighted by molar-refractivity contribution is -0.137. The summed E-state index contributed by atoms with van der Waals surface area (Å²) in [7, 11) is 2.01. The second-order valence-electron chi connectivity index (χ2n) is 10.8. The summed E-state index contributed by atoms with van der Waals surface area (Å²) in [5.74, 6) is 1.62. The van der Waals surface area contributed by atoms with Crippen LogP contribution in [-0.2, 0) is 18.0 Å². The number of hydrogen-bond donors (Lipinski definition) is 0. The molecule has 5 rings (SSSR count). The lowest BCUT2D eigenvalue weighted by Gasteiger charge is -2.30. The predicted octanol–water partition coefficient (Wildman–Crippen LogP) is 5.06. The van der Waals surface area contributed by atoms with Crippen molar-refractivity contribution in [2.24, 2.45) is 12.5 Å². The second-order valence-corrected chi connectivity index (χ2v) is 11.8. The number of halogens is 4. The Hall–Kier alpha value is -2.14. The van der Waals surface area contributed by atoms with Gasteiger partial charge < -0.3 is 14.4 Å². The first-order valence-electron chi connectivity index (χ1n) is 12.9. The zero-order chi connectivity index (χ0) is 26.4. The SMILES string of the molecule is CC(=O)N1CCC(c2nnc(SCCCN3CCC4(CC4c4ccc(C(F)(F)F)cc4F)C3)n2C)CC1. The molecule has 2 atom stereocenters. The number of likely N-dealkylation sites (tertiary alicyclic amines) is 2. The van der Waals surface area contributed by atoms with Gasteiger partial charge in [0.25, 0.3) is 0 Å². The number of piperidine rings is 1. The van der Waals surface area contributed by atoms with Gasteiger partial charge in [-0.3, -0.25) is 4.79 Å². The van der Waals surface area contributed by atoms with E-state index >= 15 is 0 Å². The number of hydrogen-bond acceptors (Lipinski definition) is 5. The van der Waals surface area contributed by atoms with E-state index in [0.717, 1.165) is 87.6 Å². The molecule has 37 heavy (non-hydrogen) atoms. The Morgan fingerprint density at radius 3 is 2.62 bits per heavy atom. The van der Waals surface area contributed by atoms with Gasteiger partial charge in [-0.15, -0.1) is 10.2 Å². The molecular weight excluding hydrogens is 506 g/mol. The van der Waals surface area contributed by atoms with Crippen molar-refractivity contribution in [2.45, 2.75) is 62.2 Å². The first-order valence-corrected chi connectivity index (χ1v) is 13.9. The number of aromatic nitrogens is 3. The van der Waals surface area contributed by atoms with Crippen LogP contribution in [0.5, 0.6) is 0 Å². The van der Waals surface area contributed by atoms with Gasteiger partial charge in [0.2, 0.25) is 5.91 Å². The molecule has 11 heteroatoms. The van der Waals surface area contributed by atoms with Crippen molar-refractivity contribution in [3.63, 3.8) is 0 Å². The van der Waals surface area contributed by atoms with Crippen LogP contribution in [0.1, 0.15) is 67.8 Å². The van der Waals surface area contributed by atoms with Gasteiger partial charge in [0.05, 0.1) is 5.56 Å². The zero-order valence-electron chi connectivity index (χ0n) is 21.2. The minimum atomic E-state index is -4.52. The molecule has 6 nitrogen and oxygen atoms in total. The summed E-state index contributed by atoms with van der Waals surface area (Å²) in [5.41, 5.74) is -0.498. The molecule has 2 aromatic rings. The number of rotatable bonds is 7. The number of nitrogens with zero attached hydrogens (tertiary/aromatic N) is 5. The Kier molecular flexibility index (Phi) is 7.30. The molecule has 2 unspecified atom stereocenters. The van der Waals surface area contributed by atoms with Gasteiger partial charge in [-0.25, -0.2) is 4.39 Å². The van der Waals surface area contributed by atoms with E-state index in [9.17, 15) is 22.4 Å². The molecule has 0 N–H and O–H groups in total. The number of thioether (sulfide) groups is 1. The van der Waals surface area contributed by atoms with Crippen LogP contribution in [0.3, 0.4) is 0 Å². The molecule has 2 saturated heterocycles. The third-order valence-corrected chi connectivity index (χ3v) is 9.49. The third-order valence-electron chi connectivity index (χ3n) is 8.38. The lowest BCUT2D eigenvalue weighted by atomic mass is 9.96. The highest BCUT2D eigenvalue weighted by Gasteiger charge is 2.58. The average Bonchev–Trinajstić information content (AvgIpc) is 3.18. The standard InChI is InChI=1S/C26H33F4N5OS/c1-17(36)35-10-6-18(7-11-35)23-31-32-24(33(23)2)37-13-3-9-34-12-8-25(16-34)15-21(25)20-5-4-19(14-22(20)27)26(28,29)30/h4-5,14,18,21H,3,6-13,15-16H2,1-2H3. The second kappa shape index (κ2) is 10.2. The zero-order valence-corrected chi connectivity index (χ0v) is 22.0. The van der Waals surface area contributed by atoms with E-state index in [1.54, 1.807) is 18.7 Å². The number of amides is 1. The van der Waals surface area contributed by atoms with Crippen molar-refractivity contribution in [1.29, 1.82) is 0 Å². The van der Waals surface area contributed by atoms with Crippen LogP contribution in [0.25, 0.3) is 0 Å². The normalized spacial score (nSPS) is 24.8. The van der Waals surface area contributed by atoms with E-state index in [-0.39, 0.29) is 17.2 Å². The van der Waals surface area contributed by atoms with E-state index in [4.69, 9.17) is 0 Å². The molecule has 1 spiro atoms.